The largest absolute Gasteiger partial charge is 0.384 e. The molecule has 1 atom stereocenters. The Labute approximate surface area is 188 Å². The number of carbonyl (C=O) groups excluding carboxylic acids is 1. The van der Waals surface area contributed by atoms with Gasteiger partial charge in [0, 0.05) is 41.9 Å². The number of halogens is 3. The molecular formula is C22H20ClF2N5O2. The molecule has 0 saturated heterocycles. The number of aromatic nitrogens is 2. The van der Waals surface area contributed by atoms with Crippen LogP contribution in [-0.2, 0) is 16.1 Å². The zero-order chi connectivity index (χ0) is 23.3. The van der Waals surface area contributed by atoms with Gasteiger partial charge in [-0.15, -0.1) is 0 Å². The predicted molar refractivity (Wildman–Crippen MR) is 116 cm³/mol. The molecule has 166 valence electrons. The molecule has 0 aliphatic rings. The van der Waals surface area contributed by atoms with Crippen LogP contribution in [0.1, 0.15) is 29.7 Å². The van der Waals surface area contributed by atoms with Crippen LogP contribution in [0.15, 0.2) is 55.1 Å². The van der Waals surface area contributed by atoms with Crippen LogP contribution in [0.3, 0.4) is 0 Å². The Balaban J connectivity index is 1.86. The maximum Gasteiger partial charge on any atom is 0.271 e. The summed E-state index contributed by atoms with van der Waals surface area (Å²) in [7, 11) is 0. The van der Waals surface area contributed by atoms with Gasteiger partial charge in [0.15, 0.2) is 6.10 Å². The summed E-state index contributed by atoms with van der Waals surface area (Å²) in [4.78, 5) is 20.6. The van der Waals surface area contributed by atoms with Gasteiger partial charge in [-0.25, -0.2) is 23.2 Å². The highest BCUT2D eigenvalue weighted by atomic mass is 35.5. The first-order valence-corrected chi connectivity index (χ1v) is 9.92. The first-order chi connectivity index (χ1) is 15.3. The van der Waals surface area contributed by atoms with E-state index in [1.165, 1.54) is 18.7 Å². The van der Waals surface area contributed by atoms with Gasteiger partial charge in [-0.1, -0.05) is 24.3 Å². The highest BCUT2D eigenvalue weighted by Crippen LogP contribution is 2.31. The number of amides is 1. The fourth-order valence-electron chi connectivity index (χ4n) is 3.05. The van der Waals surface area contributed by atoms with Crippen molar-refractivity contribution in [3.63, 3.8) is 0 Å². The number of rotatable bonds is 8. The van der Waals surface area contributed by atoms with Crippen LogP contribution in [0, 0.1) is 17.0 Å². The van der Waals surface area contributed by atoms with Crippen LogP contribution in [0.2, 0.25) is 0 Å². The zero-order valence-electron chi connectivity index (χ0n) is 17.1. The number of carbonyl (C=O) groups is 1. The number of nitrogens with two attached hydrogens (primary N) is 1. The number of amidine groups is 1. The van der Waals surface area contributed by atoms with Gasteiger partial charge in [0.25, 0.3) is 5.91 Å². The molecule has 1 aromatic heterocycles. The molecule has 0 saturated carbocycles. The number of nitrogen functional groups attached to an aromatic ring is 1. The van der Waals surface area contributed by atoms with Crippen LogP contribution in [0.5, 0.6) is 0 Å². The van der Waals surface area contributed by atoms with Crippen molar-refractivity contribution in [1.82, 2.24) is 14.4 Å². The molecule has 7 nitrogen and oxygen atoms in total. The van der Waals surface area contributed by atoms with E-state index in [9.17, 15) is 13.6 Å². The minimum absolute atomic E-state index is 0.0294. The molecule has 3 rings (SSSR count). The van der Waals surface area contributed by atoms with E-state index in [0.29, 0.717) is 16.7 Å². The van der Waals surface area contributed by atoms with Crippen molar-refractivity contribution in [3.8, 4) is 11.1 Å². The molecule has 0 bridgehead atoms. The molecular weight excluding hydrogens is 440 g/mol. The van der Waals surface area contributed by atoms with Crippen molar-refractivity contribution >= 4 is 23.5 Å². The van der Waals surface area contributed by atoms with Gasteiger partial charge >= 0.3 is 0 Å². The molecule has 10 heteroatoms. The number of hydrogen-bond donors (Lipinski definition) is 2. The minimum Gasteiger partial charge on any atom is -0.384 e. The van der Waals surface area contributed by atoms with Gasteiger partial charge in [-0.05, 0) is 30.2 Å². The fourth-order valence-corrected chi connectivity index (χ4v) is 3.28. The molecule has 0 aliphatic carbocycles. The lowest BCUT2D eigenvalue weighted by molar-refractivity contribution is -0.139. The third-order valence-electron chi connectivity index (χ3n) is 4.62. The Morgan fingerprint density at radius 3 is 2.28 bits per heavy atom. The second-order valence-corrected chi connectivity index (χ2v) is 7.19. The zero-order valence-corrected chi connectivity index (χ0v) is 17.8. The summed E-state index contributed by atoms with van der Waals surface area (Å²) in [5.74, 6) is -2.82. The van der Waals surface area contributed by atoms with Gasteiger partial charge in [0.05, 0.1) is 12.1 Å². The first-order valence-electron chi connectivity index (χ1n) is 9.58. The van der Waals surface area contributed by atoms with Gasteiger partial charge in [-0.2, -0.15) is 0 Å². The Kier molecular flexibility index (Phi) is 7.45. The maximum absolute atomic E-state index is 14.9. The SMILES string of the molecule is CCOC(C(=O)N(Cl)Cc1ccc(C(=N)N)cc1)c1c(F)cc(-c2cncnc2)cc1F. The molecule has 32 heavy (non-hydrogen) atoms. The molecule has 0 aliphatic heterocycles. The normalized spacial score (nSPS) is 11.8. The average molecular weight is 460 g/mol. The van der Waals surface area contributed by atoms with Crippen LogP contribution < -0.4 is 5.73 Å². The number of nitrogens with one attached hydrogen (secondary N) is 1. The lowest BCUT2D eigenvalue weighted by atomic mass is 10.0. The summed E-state index contributed by atoms with van der Waals surface area (Å²) in [5, 5.41) is 7.42. The smallest absolute Gasteiger partial charge is 0.271 e. The minimum atomic E-state index is -1.57. The second-order valence-electron chi connectivity index (χ2n) is 6.79. The summed E-state index contributed by atoms with van der Waals surface area (Å²) in [6.45, 7) is 1.58. The van der Waals surface area contributed by atoms with E-state index < -0.39 is 29.2 Å². The number of nitrogens with zero attached hydrogens (tertiary/aromatic N) is 3. The van der Waals surface area contributed by atoms with Crippen molar-refractivity contribution in [2.24, 2.45) is 5.73 Å². The van der Waals surface area contributed by atoms with Gasteiger partial charge < -0.3 is 10.5 Å². The van der Waals surface area contributed by atoms with E-state index in [2.05, 4.69) is 9.97 Å². The monoisotopic (exact) mass is 459 g/mol. The first kappa shape index (κ1) is 23.2. The number of benzene rings is 2. The number of ether oxygens (including phenoxy) is 1. The summed E-state index contributed by atoms with van der Waals surface area (Å²) in [6.07, 6.45) is 2.57. The van der Waals surface area contributed by atoms with Crippen molar-refractivity contribution in [3.05, 3.63) is 83.4 Å². The van der Waals surface area contributed by atoms with Crippen molar-refractivity contribution < 1.29 is 18.3 Å². The van der Waals surface area contributed by atoms with E-state index in [1.807, 2.05) is 0 Å². The summed E-state index contributed by atoms with van der Waals surface area (Å²) >= 11 is 6.16. The van der Waals surface area contributed by atoms with E-state index in [0.717, 1.165) is 16.6 Å². The summed E-state index contributed by atoms with van der Waals surface area (Å²) in [5.41, 5.74) is 6.68. The Morgan fingerprint density at radius 2 is 1.75 bits per heavy atom. The molecule has 0 fully saturated rings. The lowest BCUT2D eigenvalue weighted by Crippen LogP contribution is -2.30. The van der Waals surface area contributed by atoms with E-state index >= 15 is 0 Å². The van der Waals surface area contributed by atoms with Gasteiger partial charge in [-0.3, -0.25) is 10.2 Å². The standard InChI is InChI=1S/C22H20ClF2N5O2/c1-2-32-20(22(31)30(23)11-13-3-5-14(6-4-13)21(26)27)19-17(24)7-15(8-18(19)25)16-9-28-12-29-10-16/h3-10,12,20H,2,11H2,1H3,(H3,26,27). The third-order valence-corrected chi connectivity index (χ3v) is 4.90. The number of hydrogen-bond acceptors (Lipinski definition) is 5. The molecule has 1 unspecified atom stereocenters. The third kappa shape index (κ3) is 5.24. The van der Waals surface area contributed by atoms with Crippen LogP contribution in [0.4, 0.5) is 8.78 Å². The molecule has 1 heterocycles. The fraction of sp³-hybridized carbons (Fsp3) is 0.182. The molecule has 1 amide bonds. The quantitative estimate of drug-likeness (QED) is 0.301. The van der Waals surface area contributed by atoms with Crippen molar-refractivity contribution in [2.45, 2.75) is 19.6 Å². The highest BCUT2D eigenvalue weighted by molar-refractivity contribution is 6.21. The maximum atomic E-state index is 14.9. The Morgan fingerprint density at radius 1 is 1.16 bits per heavy atom. The molecule has 0 spiro atoms. The second kappa shape index (κ2) is 10.3. The molecule has 3 aromatic rings. The molecule has 0 radical (unpaired) electrons. The summed E-state index contributed by atoms with van der Waals surface area (Å²) in [6, 6.07) is 8.70. The van der Waals surface area contributed by atoms with E-state index in [1.54, 1.807) is 31.2 Å². The van der Waals surface area contributed by atoms with Crippen molar-refractivity contribution in [1.29, 1.82) is 5.41 Å². The highest BCUT2D eigenvalue weighted by Gasteiger charge is 2.31. The Hall–Kier alpha value is -3.43. The topological polar surface area (TPSA) is 105 Å². The van der Waals surface area contributed by atoms with Crippen molar-refractivity contribution in [2.75, 3.05) is 6.61 Å². The van der Waals surface area contributed by atoms with Gasteiger partial charge in [0.1, 0.15) is 23.8 Å². The summed E-state index contributed by atoms with van der Waals surface area (Å²) < 4.78 is 36.1. The predicted octanol–water partition coefficient (Wildman–Crippen LogP) is 3.97. The van der Waals surface area contributed by atoms with Gasteiger partial charge in [0.2, 0.25) is 0 Å². The van der Waals surface area contributed by atoms with Crippen LogP contribution in [-0.4, -0.2) is 32.7 Å². The molecule has 3 N–H and O–H groups in total. The van der Waals surface area contributed by atoms with E-state index in [-0.39, 0.29) is 24.6 Å². The molecule has 2 aromatic carbocycles. The Bertz CT molecular complexity index is 1090. The van der Waals surface area contributed by atoms with E-state index in [4.69, 9.17) is 27.7 Å². The average Bonchev–Trinajstić information content (AvgIpc) is 2.78. The lowest BCUT2D eigenvalue weighted by Gasteiger charge is -2.23. The van der Waals surface area contributed by atoms with Crippen LogP contribution >= 0.6 is 11.8 Å². The van der Waals surface area contributed by atoms with Crippen LogP contribution in [0.25, 0.3) is 11.1 Å².